The van der Waals surface area contributed by atoms with Gasteiger partial charge in [-0.15, -0.1) is 11.3 Å². The first-order valence-corrected chi connectivity index (χ1v) is 9.76. The van der Waals surface area contributed by atoms with E-state index in [1.165, 1.54) is 65.2 Å². The molecule has 2 aromatic rings. The molecule has 1 heterocycles. The Balaban J connectivity index is 1.33. The molecule has 126 valence electrons. The van der Waals surface area contributed by atoms with Gasteiger partial charge in [0.25, 0.3) is 0 Å². The van der Waals surface area contributed by atoms with Crippen molar-refractivity contribution >= 4 is 23.0 Å². The first-order chi connectivity index (χ1) is 11.8. The van der Waals surface area contributed by atoms with Crippen molar-refractivity contribution in [1.29, 1.82) is 0 Å². The van der Waals surface area contributed by atoms with E-state index in [1.54, 1.807) is 0 Å². The molecule has 0 aliphatic heterocycles. The molecule has 0 radical (unpaired) electrons. The summed E-state index contributed by atoms with van der Waals surface area (Å²) in [6.45, 7) is 0.691. The van der Waals surface area contributed by atoms with Gasteiger partial charge in [-0.3, -0.25) is 4.99 Å². The number of thiazole rings is 1. The van der Waals surface area contributed by atoms with Gasteiger partial charge in [-0.1, -0.05) is 6.07 Å². The van der Waals surface area contributed by atoms with Crippen LogP contribution in [0.25, 0.3) is 0 Å². The van der Waals surface area contributed by atoms with Gasteiger partial charge < -0.3 is 11.1 Å². The van der Waals surface area contributed by atoms with Crippen LogP contribution in [0.2, 0.25) is 0 Å². The van der Waals surface area contributed by atoms with E-state index in [4.69, 9.17) is 10.7 Å². The van der Waals surface area contributed by atoms with E-state index in [9.17, 15) is 0 Å². The number of aromatic nitrogens is 1. The van der Waals surface area contributed by atoms with Gasteiger partial charge in [-0.25, -0.2) is 4.98 Å². The molecule has 4 nitrogen and oxygen atoms in total. The number of benzene rings is 1. The number of rotatable bonds is 4. The predicted molar refractivity (Wildman–Crippen MR) is 101 cm³/mol. The summed E-state index contributed by atoms with van der Waals surface area (Å²) in [7, 11) is 0. The van der Waals surface area contributed by atoms with Crippen molar-refractivity contribution < 1.29 is 0 Å². The predicted octanol–water partition coefficient (Wildman–Crippen LogP) is 3.48. The summed E-state index contributed by atoms with van der Waals surface area (Å²) in [5.41, 5.74) is 11.3. The van der Waals surface area contributed by atoms with E-state index in [2.05, 4.69) is 28.5 Å². The second-order valence-electron chi connectivity index (χ2n) is 6.66. The van der Waals surface area contributed by atoms with Crippen LogP contribution in [-0.2, 0) is 32.1 Å². The van der Waals surface area contributed by atoms with Crippen LogP contribution in [0, 0.1) is 0 Å². The van der Waals surface area contributed by atoms with Crippen molar-refractivity contribution in [1.82, 2.24) is 4.98 Å². The van der Waals surface area contributed by atoms with Crippen LogP contribution in [0.5, 0.6) is 0 Å². The number of aryl methyl sites for hydroxylation is 4. The summed E-state index contributed by atoms with van der Waals surface area (Å²) in [6, 6.07) is 6.51. The maximum Gasteiger partial charge on any atom is 0.193 e. The molecule has 4 rings (SSSR count). The first kappa shape index (κ1) is 15.6. The van der Waals surface area contributed by atoms with Crippen molar-refractivity contribution in [2.24, 2.45) is 10.7 Å². The third-order valence-corrected chi connectivity index (χ3v) is 6.09. The maximum atomic E-state index is 6.03. The topological polar surface area (TPSA) is 63.3 Å². The minimum atomic E-state index is 0.495. The lowest BCUT2D eigenvalue weighted by Gasteiger charge is -2.07. The highest BCUT2D eigenvalue weighted by molar-refractivity contribution is 7.11. The van der Waals surface area contributed by atoms with Gasteiger partial charge >= 0.3 is 0 Å². The van der Waals surface area contributed by atoms with Crippen molar-refractivity contribution in [3.05, 3.63) is 44.9 Å². The highest BCUT2D eigenvalue weighted by atomic mass is 32.1. The second kappa shape index (κ2) is 6.93. The van der Waals surface area contributed by atoms with Crippen LogP contribution in [0.15, 0.2) is 23.2 Å². The summed E-state index contributed by atoms with van der Waals surface area (Å²) in [4.78, 5) is 10.7. The van der Waals surface area contributed by atoms with E-state index in [-0.39, 0.29) is 0 Å². The van der Waals surface area contributed by atoms with Crippen molar-refractivity contribution in [3.63, 3.8) is 0 Å². The van der Waals surface area contributed by atoms with Crippen molar-refractivity contribution in [2.45, 2.75) is 51.4 Å². The fourth-order valence-electron chi connectivity index (χ4n) is 3.62. The fourth-order valence-corrected chi connectivity index (χ4v) is 4.77. The van der Waals surface area contributed by atoms with Gasteiger partial charge in [-0.05, 0) is 68.2 Å². The van der Waals surface area contributed by atoms with E-state index >= 15 is 0 Å². The maximum absolute atomic E-state index is 6.03. The molecule has 0 spiro atoms. The Morgan fingerprint density at radius 2 is 2.00 bits per heavy atom. The number of nitrogens with two attached hydrogens (primary N) is 1. The molecular weight excluding hydrogens is 316 g/mol. The third-order valence-electron chi connectivity index (χ3n) is 4.87. The average Bonchev–Trinajstić information content (AvgIpc) is 3.20. The lowest BCUT2D eigenvalue weighted by molar-refractivity contribution is 0.680. The molecule has 1 aromatic heterocycles. The number of hydrogen-bond acceptors (Lipinski definition) is 3. The number of fused-ring (bicyclic) bond motifs is 2. The number of guanidine groups is 1. The van der Waals surface area contributed by atoms with Gasteiger partial charge in [0.2, 0.25) is 0 Å². The molecule has 3 N–H and O–H groups in total. The molecule has 24 heavy (non-hydrogen) atoms. The Bertz CT molecular complexity index is 739. The Morgan fingerprint density at radius 3 is 2.92 bits per heavy atom. The Kier molecular flexibility index (Phi) is 4.52. The highest BCUT2D eigenvalue weighted by Crippen LogP contribution is 2.27. The van der Waals surface area contributed by atoms with Crippen LogP contribution in [-0.4, -0.2) is 17.5 Å². The number of aliphatic imine (C=N–C) groups is 1. The van der Waals surface area contributed by atoms with Gasteiger partial charge in [0.05, 0.1) is 10.7 Å². The van der Waals surface area contributed by atoms with Gasteiger partial charge in [0.15, 0.2) is 5.96 Å². The minimum absolute atomic E-state index is 0.495. The number of anilines is 1. The minimum Gasteiger partial charge on any atom is -0.370 e. The number of nitrogens with zero attached hydrogens (tertiary/aromatic N) is 2. The Hall–Kier alpha value is -1.88. The molecule has 1 aromatic carbocycles. The summed E-state index contributed by atoms with van der Waals surface area (Å²) in [5.74, 6) is 0.495. The molecule has 0 atom stereocenters. The van der Waals surface area contributed by atoms with Crippen LogP contribution < -0.4 is 11.1 Å². The van der Waals surface area contributed by atoms with E-state index < -0.39 is 0 Å². The van der Waals surface area contributed by atoms with Gasteiger partial charge in [0.1, 0.15) is 0 Å². The van der Waals surface area contributed by atoms with Crippen LogP contribution >= 0.6 is 11.3 Å². The van der Waals surface area contributed by atoms with Crippen molar-refractivity contribution in [3.8, 4) is 0 Å². The second-order valence-corrected chi connectivity index (χ2v) is 7.83. The van der Waals surface area contributed by atoms with E-state index in [0.717, 1.165) is 18.5 Å². The van der Waals surface area contributed by atoms with Gasteiger partial charge in [0, 0.05) is 23.5 Å². The standard InChI is InChI=1S/C19H24N4S/c20-19(22-15-9-8-13-4-3-5-14(13)12-15)21-11-10-18-23-16-6-1-2-7-17(16)24-18/h8-9,12H,1-7,10-11H2,(H3,20,21,22). The summed E-state index contributed by atoms with van der Waals surface area (Å²) in [5, 5.41) is 4.42. The fraction of sp³-hybridized carbons (Fsp3) is 0.474. The molecule has 0 bridgehead atoms. The smallest absolute Gasteiger partial charge is 0.193 e. The first-order valence-electron chi connectivity index (χ1n) is 8.94. The number of hydrogen-bond donors (Lipinski definition) is 2. The summed E-state index contributed by atoms with van der Waals surface area (Å²) >= 11 is 1.86. The molecule has 0 saturated heterocycles. The third kappa shape index (κ3) is 3.46. The quantitative estimate of drug-likeness (QED) is 0.661. The molecule has 0 unspecified atom stereocenters. The monoisotopic (exact) mass is 340 g/mol. The zero-order chi connectivity index (χ0) is 16.4. The zero-order valence-corrected chi connectivity index (χ0v) is 14.8. The van der Waals surface area contributed by atoms with E-state index in [1.807, 2.05) is 11.3 Å². The summed E-state index contributed by atoms with van der Waals surface area (Å²) < 4.78 is 0. The average molecular weight is 340 g/mol. The van der Waals surface area contributed by atoms with E-state index in [0.29, 0.717) is 12.5 Å². The molecule has 2 aliphatic carbocycles. The molecule has 5 heteroatoms. The Morgan fingerprint density at radius 1 is 1.12 bits per heavy atom. The lowest BCUT2D eigenvalue weighted by Crippen LogP contribution is -2.23. The Labute approximate surface area is 147 Å². The zero-order valence-electron chi connectivity index (χ0n) is 14.0. The molecular formula is C19H24N4S. The molecule has 0 saturated carbocycles. The van der Waals surface area contributed by atoms with Crippen molar-refractivity contribution in [2.75, 3.05) is 11.9 Å². The molecule has 2 aliphatic rings. The lowest BCUT2D eigenvalue weighted by atomic mass is 10.0. The molecule has 0 amide bonds. The van der Waals surface area contributed by atoms with Crippen LogP contribution in [0.1, 0.15) is 46.0 Å². The molecule has 0 fully saturated rings. The van der Waals surface area contributed by atoms with Gasteiger partial charge in [-0.2, -0.15) is 0 Å². The number of nitrogens with one attached hydrogen (secondary N) is 1. The normalized spacial score (nSPS) is 16.8. The largest absolute Gasteiger partial charge is 0.370 e. The SMILES string of the molecule is NC(=NCCc1nc2c(s1)CCCC2)Nc1ccc2c(c1)CCC2. The highest BCUT2D eigenvalue weighted by Gasteiger charge is 2.14. The van der Waals surface area contributed by atoms with Crippen LogP contribution in [0.4, 0.5) is 5.69 Å². The van der Waals surface area contributed by atoms with Crippen LogP contribution in [0.3, 0.4) is 0 Å². The summed E-state index contributed by atoms with van der Waals surface area (Å²) in [6.07, 6.45) is 9.48.